The Bertz CT molecular complexity index is 2080. The Morgan fingerprint density at radius 2 is 0.583 bits per heavy atom. The first-order valence-corrected chi connectivity index (χ1v) is 36.3. The lowest BCUT2D eigenvalue weighted by Gasteiger charge is -2.53. The molecule has 0 bridgehead atoms. The molecule has 23 nitrogen and oxygen atoms in total. The van der Waals surface area contributed by atoms with Crippen molar-refractivity contribution < 1.29 is 91.8 Å². The van der Waals surface area contributed by atoms with E-state index in [1.165, 1.54) is 10.1 Å². The fourth-order valence-electron chi connectivity index (χ4n) is 15.4. The number of carbonyl (C=O) groups is 6. The Labute approximate surface area is 576 Å². The molecule has 0 spiro atoms. The van der Waals surface area contributed by atoms with E-state index in [0.29, 0.717) is 116 Å². The average molecular weight is 1370 g/mol. The van der Waals surface area contributed by atoms with Gasteiger partial charge in [0, 0.05) is 58.9 Å². The fraction of sp³-hybridized carbons (Fsp3) is 0.918. The molecular weight excluding hydrogens is 1240 g/mol. The summed E-state index contributed by atoms with van der Waals surface area (Å²) in [5.41, 5.74) is -6.28. The fourth-order valence-corrected chi connectivity index (χ4v) is 15.4. The first kappa shape index (κ1) is 84.8. The van der Waals surface area contributed by atoms with Crippen LogP contribution in [0.25, 0.3) is 0 Å². The molecule has 4 rings (SSSR count). The number of carbonyl (C=O) groups excluding carboxylic acids is 6. The molecule has 0 aromatic heterocycles. The number of nitrogens with zero attached hydrogens (tertiary/aromatic N) is 4. The van der Waals surface area contributed by atoms with Gasteiger partial charge in [-0.05, 0) is 208 Å². The highest BCUT2D eigenvalue weighted by Gasteiger charge is 2.53. The molecule has 96 heavy (non-hydrogen) atoms. The van der Waals surface area contributed by atoms with Gasteiger partial charge in [0.25, 0.3) is 0 Å². The predicted molar refractivity (Wildman–Crippen MR) is 365 cm³/mol. The molecule has 0 saturated carbocycles. The monoisotopic (exact) mass is 1370 g/mol. The summed E-state index contributed by atoms with van der Waals surface area (Å²) in [5, 5.41) is 34.6. The van der Waals surface area contributed by atoms with Crippen LogP contribution in [0, 0.1) is 10.8 Å². The van der Waals surface area contributed by atoms with Crippen molar-refractivity contribution in [3.63, 3.8) is 0 Å². The lowest BCUT2D eigenvalue weighted by atomic mass is 9.78. The number of ether oxygens (including phenoxy) is 10. The molecule has 4 fully saturated rings. The zero-order valence-corrected chi connectivity index (χ0v) is 63.1. The first-order chi connectivity index (χ1) is 44.6. The lowest BCUT2D eigenvalue weighted by molar-refractivity contribution is -0.261. The van der Waals surface area contributed by atoms with Gasteiger partial charge in [-0.1, -0.05) is 44.6 Å². The molecule has 4 heterocycles. The summed E-state index contributed by atoms with van der Waals surface area (Å²) < 4.78 is 59.8. The van der Waals surface area contributed by atoms with Crippen molar-refractivity contribution in [1.29, 1.82) is 0 Å². The smallest absolute Gasteiger partial charge is 0.323 e. The number of esters is 6. The van der Waals surface area contributed by atoms with E-state index >= 15 is 0 Å². The van der Waals surface area contributed by atoms with E-state index in [4.69, 9.17) is 52.6 Å². The van der Waals surface area contributed by atoms with Crippen LogP contribution in [-0.4, -0.2) is 213 Å². The van der Waals surface area contributed by atoms with Crippen LogP contribution in [0.3, 0.4) is 0 Å². The zero-order chi connectivity index (χ0) is 72.2. The summed E-state index contributed by atoms with van der Waals surface area (Å²) in [5.74, 6) is -4.24. The summed E-state index contributed by atoms with van der Waals surface area (Å²) in [4.78, 5) is 86.1. The maximum atomic E-state index is 14.4. The van der Waals surface area contributed by atoms with Gasteiger partial charge >= 0.3 is 35.8 Å². The van der Waals surface area contributed by atoms with Crippen LogP contribution in [0.1, 0.15) is 279 Å². The lowest BCUT2D eigenvalue weighted by Crippen LogP contribution is -2.60. The van der Waals surface area contributed by atoms with E-state index in [9.17, 15) is 39.2 Å². The SMILES string of the molecule is CCCCC(CCCOC(=O)CCC(=O)OCCCC(CCCC)(C(=O)OCCCOC1CC(C)(C)N(O)C(C)(C)C1)C(=O)OCCCOC1CC(C)(C)N([OH2+])C(C)(C)C1)(C(=O)OCCCOC1CC(C)(C)N(C)C(C)(C)C1)C(=O)OCCCOC1CC(C)(C)N(O)C(C)(C)C1. The number of unbranched alkanes of at least 4 members (excludes halogenated alkanes) is 2. The molecule has 23 heteroatoms. The summed E-state index contributed by atoms with van der Waals surface area (Å²) in [6, 6.07) is 0. The minimum atomic E-state index is -1.70. The van der Waals surface area contributed by atoms with Crippen molar-refractivity contribution in [1.82, 2.24) is 20.1 Å². The maximum Gasteiger partial charge on any atom is 0.323 e. The Kier molecular flexibility index (Phi) is 32.5. The minimum Gasteiger partial charge on any atom is -0.466 e. The summed E-state index contributed by atoms with van der Waals surface area (Å²) >= 11 is 0. The first-order valence-electron chi connectivity index (χ1n) is 36.3. The van der Waals surface area contributed by atoms with Gasteiger partial charge in [0.1, 0.15) is 0 Å². The minimum absolute atomic E-state index is 0.00210. The van der Waals surface area contributed by atoms with Crippen LogP contribution >= 0.6 is 0 Å². The van der Waals surface area contributed by atoms with E-state index in [2.05, 4.69) is 39.6 Å². The number of hydrogen-bond acceptors (Lipinski definition) is 22. The van der Waals surface area contributed by atoms with E-state index in [1.54, 1.807) is 5.06 Å². The molecule has 0 aliphatic carbocycles. The zero-order valence-electron chi connectivity index (χ0n) is 63.1. The molecule has 558 valence electrons. The van der Waals surface area contributed by atoms with Crippen molar-refractivity contribution >= 4 is 35.8 Å². The van der Waals surface area contributed by atoms with Crippen LogP contribution in [0.2, 0.25) is 0 Å². The normalized spacial score (nSPS) is 22.7. The van der Waals surface area contributed by atoms with Gasteiger partial charge in [0.05, 0.1) is 114 Å². The van der Waals surface area contributed by atoms with Gasteiger partial charge in [0.2, 0.25) is 0 Å². The largest absolute Gasteiger partial charge is 0.466 e. The highest BCUT2D eigenvalue weighted by molar-refractivity contribution is 6.00. The number of hydroxylamine groups is 6. The van der Waals surface area contributed by atoms with Gasteiger partial charge in [-0.15, -0.1) is 0 Å². The molecule has 0 radical (unpaired) electrons. The predicted octanol–water partition coefficient (Wildman–Crippen LogP) is 11.7. The van der Waals surface area contributed by atoms with Gasteiger partial charge in [-0.25, -0.2) is 0 Å². The van der Waals surface area contributed by atoms with Gasteiger partial charge in [0.15, 0.2) is 10.8 Å². The molecule has 4 aliphatic heterocycles. The maximum absolute atomic E-state index is 14.4. The summed E-state index contributed by atoms with van der Waals surface area (Å²) in [7, 11) is 2.14. The van der Waals surface area contributed by atoms with Crippen molar-refractivity contribution in [2.24, 2.45) is 10.8 Å². The van der Waals surface area contributed by atoms with Crippen molar-refractivity contribution in [2.45, 2.75) is 347 Å². The van der Waals surface area contributed by atoms with E-state index in [1.807, 2.05) is 96.9 Å². The second-order valence-corrected chi connectivity index (χ2v) is 33.1. The Balaban J connectivity index is 1.35. The van der Waals surface area contributed by atoms with E-state index in [-0.39, 0.29) is 127 Å². The third-order valence-electron chi connectivity index (χ3n) is 20.7. The third kappa shape index (κ3) is 24.6. The molecular formula is C73H133N4O19+. The molecule has 0 aromatic carbocycles. The second-order valence-electron chi connectivity index (χ2n) is 33.1. The quantitative estimate of drug-likeness (QED) is 0.0189. The average Bonchev–Trinajstić information content (AvgIpc) is 0.813. The summed E-state index contributed by atoms with van der Waals surface area (Å²) in [6.45, 7) is 37.6. The van der Waals surface area contributed by atoms with Gasteiger partial charge < -0.3 is 63.0 Å². The Hall–Kier alpha value is -3.62. The Morgan fingerprint density at radius 3 is 0.844 bits per heavy atom. The molecule has 4 aliphatic rings. The third-order valence-corrected chi connectivity index (χ3v) is 20.7. The highest BCUT2D eigenvalue weighted by atomic mass is 16.6. The molecule has 4 saturated heterocycles. The molecule has 2 atom stereocenters. The number of likely N-dealkylation sites (tertiary alicyclic amines) is 1. The molecule has 2 unspecified atom stereocenters. The molecule has 0 amide bonds. The molecule has 0 aromatic rings. The van der Waals surface area contributed by atoms with Crippen LogP contribution in [0.4, 0.5) is 0 Å². The van der Waals surface area contributed by atoms with Crippen LogP contribution in [0.5, 0.6) is 0 Å². The Morgan fingerprint density at radius 1 is 0.354 bits per heavy atom. The highest BCUT2D eigenvalue weighted by Crippen LogP contribution is 2.43. The van der Waals surface area contributed by atoms with Crippen molar-refractivity contribution in [3.8, 4) is 0 Å². The van der Waals surface area contributed by atoms with Crippen LogP contribution in [0.15, 0.2) is 0 Å². The number of rotatable bonds is 41. The van der Waals surface area contributed by atoms with Crippen molar-refractivity contribution in [2.75, 3.05) is 73.1 Å². The number of piperidine rings is 4. The topological polar surface area (TPSA) is 271 Å². The van der Waals surface area contributed by atoms with Crippen molar-refractivity contribution in [3.05, 3.63) is 0 Å². The number of hydrogen-bond donors (Lipinski definition) is 2. The van der Waals surface area contributed by atoms with E-state index < -0.39 is 79.9 Å². The van der Waals surface area contributed by atoms with Crippen LogP contribution < -0.4 is 0 Å². The summed E-state index contributed by atoms with van der Waals surface area (Å²) in [6.07, 6.45) is 9.01. The standard InChI is InChI=1S/C73H132N4O19/c1-20-22-32-72(60(80)93-42-26-38-87-54-46-64(3,4)74(19)65(5,6)47-54,61(81)94-43-27-39-88-55-48-66(7,8)75(84)67(9,10)49-55)34-24-36-91-58(78)30-31-59(79)92-37-25-35-73(33-23-21-2,62(82)95-44-28-40-89-56-50-68(11,12)76(85)69(13,14)51-56)63(83)96-45-29-41-90-57-52-70(15,16)77(86)71(17,18)53-57/h54-57,84-86H,20-53H2,1-19H3/p+1. The second kappa shape index (κ2) is 36.8. The van der Waals surface area contributed by atoms with E-state index in [0.717, 1.165) is 12.8 Å². The van der Waals surface area contributed by atoms with Gasteiger partial charge in [-0.2, -0.15) is 10.1 Å². The molecule has 4 N–H and O–H groups in total. The van der Waals surface area contributed by atoms with Crippen LogP contribution in [-0.2, 0) is 76.1 Å². The van der Waals surface area contributed by atoms with Gasteiger partial charge in [-0.3, -0.25) is 33.7 Å².